The molecular formula is C11H11ClF3N3OS. The highest BCUT2D eigenvalue weighted by Crippen LogP contribution is 2.19. The van der Waals surface area contributed by atoms with Crippen molar-refractivity contribution in [3.8, 4) is 12.3 Å². The summed E-state index contributed by atoms with van der Waals surface area (Å²) in [5.74, 6) is 3.68. The molecule has 1 N–H and O–H groups in total. The number of rotatable bonds is 6. The Labute approximate surface area is 122 Å². The quantitative estimate of drug-likeness (QED) is 0.643. The van der Waals surface area contributed by atoms with Crippen molar-refractivity contribution in [1.82, 2.24) is 9.78 Å². The van der Waals surface area contributed by atoms with Crippen molar-refractivity contribution in [3.05, 3.63) is 21.6 Å². The van der Waals surface area contributed by atoms with Gasteiger partial charge in [-0.3, -0.25) is 4.79 Å². The second kappa shape index (κ2) is 7.45. The van der Waals surface area contributed by atoms with Gasteiger partial charge < -0.3 is 5.32 Å². The summed E-state index contributed by atoms with van der Waals surface area (Å²) >= 11 is 7.22. The first-order valence-corrected chi connectivity index (χ1v) is 6.96. The fourth-order valence-corrected chi connectivity index (χ4v) is 1.98. The van der Waals surface area contributed by atoms with Gasteiger partial charge in [-0.2, -0.15) is 18.3 Å². The topological polar surface area (TPSA) is 46.9 Å². The molecule has 0 amide bonds. The minimum Gasteiger partial charge on any atom is -0.382 e. The number of anilines is 1. The summed E-state index contributed by atoms with van der Waals surface area (Å²) < 4.78 is 36.9. The molecule has 0 bridgehead atoms. The molecule has 0 spiro atoms. The number of hydrogen-bond donors (Lipinski definition) is 1. The lowest BCUT2D eigenvalue weighted by molar-refractivity contribution is -0.143. The maximum Gasteiger partial charge on any atom is 0.408 e. The predicted octanol–water partition coefficient (Wildman–Crippen LogP) is 2.24. The molecule has 1 aromatic rings. The number of terminal acetylenes is 1. The molecule has 20 heavy (non-hydrogen) atoms. The Hall–Kier alpha value is -1.33. The Bertz CT molecular complexity index is 553. The lowest BCUT2D eigenvalue weighted by Gasteiger charge is -2.11. The maximum atomic E-state index is 12.2. The molecule has 1 aromatic heterocycles. The van der Waals surface area contributed by atoms with E-state index in [1.165, 1.54) is 11.8 Å². The summed E-state index contributed by atoms with van der Waals surface area (Å²) in [6.07, 6.45) is 1.65. The first-order chi connectivity index (χ1) is 9.35. The van der Waals surface area contributed by atoms with Gasteiger partial charge in [0.05, 0.1) is 17.6 Å². The first kappa shape index (κ1) is 16.7. The van der Waals surface area contributed by atoms with E-state index >= 15 is 0 Å². The molecule has 0 aliphatic heterocycles. The van der Waals surface area contributed by atoms with Gasteiger partial charge in [0.15, 0.2) is 0 Å². The third kappa shape index (κ3) is 5.35. The highest BCUT2D eigenvalue weighted by Gasteiger charge is 2.29. The third-order valence-corrected chi connectivity index (χ3v) is 3.29. The zero-order valence-corrected chi connectivity index (χ0v) is 11.8. The van der Waals surface area contributed by atoms with E-state index in [-0.39, 0.29) is 15.4 Å². The van der Waals surface area contributed by atoms with E-state index in [1.807, 2.05) is 0 Å². The molecule has 0 atom stereocenters. The number of nitrogens with one attached hydrogen (secondary N) is 1. The van der Waals surface area contributed by atoms with Crippen LogP contribution in [-0.4, -0.2) is 34.0 Å². The van der Waals surface area contributed by atoms with Gasteiger partial charge in [-0.15, -0.1) is 18.2 Å². The lowest BCUT2D eigenvalue weighted by atomic mass is 10.4. The van der Waals surface area contributed by atoms with Crippen LogP contribution in [0.2, 0.25) is 5.02 Å². The van der Waals surface area contributed by atoms with Gasteiger partial charge in [0.1, 0.15) is 11.6 Å². The molecular weight excluding hydrogens is 315 g/mol. The SMILES string of the molecule is C#CCSCCNc1cnn(CC(F)(F)F)c(=O)c1Cl. The predicted molar refractivity (Wildman–Crippen MR) is 74.2 cm³/mol. The zero-order chi connectivity index (χ0) is 15.2. The molecule has 0 aromatic carbocycles. The Morgan fingerprint density at radius 3 is 2.85 bits per heavy atom. The van der Waals surface area contributed by atoms with Crippen LogP contribution in [0.4, 0.5) is 18.9 Å². The van der Waals surface area contributed by atoms with Gasteiger partial charge in [-0.25, -0.2) is 4.68 Å². The molecule has 110 valence electrons. The second-order valence-electron chi connectivity index (χ2n) is 3.63. The Morgan fingerprint density at radius 2 is 2.25 bits per heavy atom. The second-order valence-corrected chi connectivity index (χ2v) is 5.12. The molecule has 0 saturated heterocycles. The molecule has 1 rings (SSSR count). The lowest BCUT2D eigenvalue weighted by Crippen LogP contribution is -2.31. The average molecular weight is 326 g/mol. The highest BCUT2D eigenvalue weighted by atomic mass is 35.5. The van der Waals surface area contributed by atoms with E-state index < -0.39 is 18.3 Å². The van der Waals surface area contributed by atoms with Gasteiger partial charge in [-0.05, 0) is 0 Å². The van der Waals surface area contributed by atoms with Crippen LogP contribution in [0.15, 0.2) is 11.0 Å². The molecule has 0 unspecified atom stereocenters. The smallest absolute Gasteiger partial charge is 0.382 e. The van der Waals surface area contributed by atoms with Crippen LogP contribution >= 0.6 is 23.4 Å². The Morgan fingerprint density at radius 1 is 1.55 bits per heavy atom. The van der Waals surface area contributed by atoms with E-state index in [4.69, 9.17) is 18.0 Å². The summed E-state index contributed by atoms with van der Waals surface area (Å²) in [6, 6.07) is 0. The standard InChI is InChI=1S/C11H11ClF3N3OS/c1-2-4-20-5-3-16-8-6-17-18(7-11(13,14)15)10(19)9(8)12/h1,6,16H,3-5,7H2. The van der Waals surface area contributed by atoms with Crippen molar-refractivity contribution in [2.24, 2.45) is 0 Å². The molecule has 0 fully saturated rings. The molecule has 0 aliphatic carbocycles. The molecule has 1 heterocycles. The molecule has 0 aliphatic rings. The minimum atomic E-state index is -4.53. The van der Waals surface area contributed by atoms with Crippen molar-refractivity contribution < 1.29 is 13.2 Å². The summed E-state index contributed by atoms with van der Waals surface area (Å²) in [4.78, 5) is 11.6. The number of thioether (sulfide) groups is 1. The van der Waals surface area contributed by atoms with Crippen LogP contribution in [-0.2, 0) is 6.54 Å². The summed E-state index contributed by atoms with van der Waals surface area (Å²) in [5, 5.41) is 5.95. The van der Waals surface area contributed by atoms with Crippen LogP contribution in [0, 0.1) is 12.3 Å². The maximum absolute atomic E-state index is 12.2. The zero-order valence-electron chi connectivity index (χ0n) is 10.2. The van der Waals surface area contributed by atoms with Crippen LogP contribution in [0.3, 0.4) is 0 Å². The fraction of sp³-hybridized carbons (Fsp3) is 0.455. The van der Waals surface area contributed by atoms with E-state index in [0.717, 1.165) is 6.20 Å². The van der Waals surface area contributed by atoms with Gasteiger partial charge in [0.2, 0.25) is 0 Å². The van der Waals surface area contributed by atoms with Crippen molar-refractivity contribution in [3.63, 3.8) is 0 Å². The number of nitrogens with zero attached hydrogens (tertiary/aromatic N) is 2. The summed E-state index contributed by atoms with van der Waals surface area (Å²) in [6.45, 7) is -1.000. The van der Waals surface area contributed by atoms with E-state index in [9.17, 15) is 18.0 Å². The van der Waals surface area contributed by atoms with Crippen LogP contribution in [0.25, 0.3) is 0 Å². The van der Waals surface area contributed by atoms with Crippen LogP contribution in [0.1, 0.15) is 0 Å². The van der Waals surface area contributed by atoms with Gasteiger partial charge in [0, 0.05) is 12.3 Å². The third-order valence-electron chi connectivity index (χ3n) is 2.06. The van der Waals surface area contributed by atoms with Crippen LogP contribution < -0.4 is 10.9 Å². The summed E-state index contributed by atoms with van der Waals surface area (Å²) in [5.41, 5.74) is -0.776. The van der Waals surface area contributed by atoms with Crippen LogP contribution in [0.5, 0.6) is 0 Å². The minimum absolute atomic E-state index is 0.205. The number of halogens is 4. The Balaban J connectivity index is 2.70. The van der Waals surface area contributed by atoms with E-state index in [1.54, 1.807) is 0 Å². The highest BCUT2D eigenvalue weighted by molar-refractivity contribution is 7.99. The molecule has 9 heteroatoms. The first-order valence-electron chi connectivity index (χ1n) is 5.42. The van der Waals surface area contributed by atoms with Crippen molar-refractivity contribution in [2.45, 2.75) is 12.7 Å². The normalized spacial score (nSPS) is 11.2. The Kier molecular flexibility index (Phi) is 6.23. The van der Waals surface area contributed by atoms with E-state index in [2.05, 4.69) is 16.3 Å². The summed E-state index contributed by atoms with van der Waals surface area (Å²) in [7, 11) is 0. The van der Waals surface area contributed by atoms with E-state index in [0.29, 0.717) is 18.1 Å². The molecule has 0 radical (unpaired) electrons. The van der Waals surface area contributed by atoms with Gasteiger partial charge >= 0.3 is 6.18 Å². The van der Waals surface area contributed by atoms with Gasteiger partial charge in [-0.1, -0.05) is 17.5 Å². The molecule has 0 saturated carbocycles. The largest absolute Gasteiger partial charge is 0.408 e. The monoisotopic (exact) mass is 325 g/mol. The average Bonchev–Trinajstić information content (AvgIpc) is 2.36. The van der Waals surface area contributed by atoms with Crippen molar-refractivity contribution in [1.29, 1.82) is 0 Å². The van der Waals surface area contributed by atoms with Crippen molar-refractivity contribution >= 4 is 29.1 Å². The number of hydrogen-bond acceptors (Lipinski definition) is 4. The fourth-order valence-electron chi connectivity index (χ4n) is 1.26. The van der Waals surface area contributed by atoms with Crippen molar-refractivity contribution in [2.75, 3.05) is 23.4 Å². The number of alkyl halides is 3. The van der Waals surface area contributed by atoms with Gasteiger partial charge in [0.25, 0.3) is 5.56 Å². The number of aromatic nitrogens is 2. The molecule has 4 nitrogen and oxygen atoms in total.